The Morgan fingerprint density at radius 2 is 1.81 bits per heavy atom. The van der Waals surface area contributed by atoms with E-state index in [4.69, 9.17) is 4.74 Å². The van der Waals surface area contributed by atoms with Gasteiger partial charge in [-0.2, -0.15) is 0 Å². The molecule has 1 atom stereocenters. The van der Waals surface area contributed by atoms with E-state index in [-0.39, 0.29) is 6.04 Å². The fraction of sp³-hybridized carbons (Fsp3) is 0.333. The van der Waals surface area contributed by atoms with E-state index >= 15 is 0 Å². The van der Waals surface area contributed by atoms with Gasteiger partial charge >= 0.3 is 0 Å². The van der Waals surface area contributed by atoms with Gasteiger partial charge in [0, 0.05) is 4.47 Å². The highest BCUT2D eigenvalue weighted by atomic mass is 79.9. The number of halogens is 1. The molecule has 0 aromatic heterocycles. The molecule has 3 rings (SSSR count). The van der Waals surface area contributed by atoms with Crippen molar-refractivity contribution in [1.82, 2.24) is 5.32 Å². The van der Waals surface area contributed by atoms with E-state index in [2.05, 4.69) is 71.5 Å². The molecular weight excluding hydrogens is 326 g/mol. The topological polar surface area (TPSA) is 21.3 Å². The quantitative estimate of drug-likeness (QED) is 0.881. The lowest BCUT2D eigenvalue weighted by Gasteiger charge is -2.20. The van der Waals surface area contributed by atoms with Gasteiger partial charge in [-0.15, -0.1) is 0 Å². The second-order valence-corrected chi connectivity index (χ2v) is 6.37. The van der Waals surface area contributed by atoms with Crippen LogP contribution in [0.1, 0.15) is 40.8 Å². The van der Waals surface area contributed by atoms with Crippen molar-refractivity contribution in [3.8, 4) is 0 Å². The zero-order chi connectivity index (χ0) is 14.8. The van der Waals surface area contributed by atoms with Crippen molar-refractivity contribution in [1.29, 1.82) is 0 Å². The molecule has 1 heterocycles. The lowest BCUT2D eigenvalue weighted by atomic mass is 9.95. The van der Waals surface area contributed by atoms with Gasteiger partial charge in [-0.25, -0.2) is 0 Å². The summed E-state index contributed by atoms with van der Waals surface area (Å²) in [5.74, 6) is 0. The van der Waals surface area contributed by atoms with E-state index in [1.54, 1.807) is 0 Å². The fourth-order valence-electron chi connectivity index (χ4n) is 2.79. The average molecular weight is 346 g/mol. The van der Waals surface area contributed by atoms with E-state index in [1.165, 1.54) is 27.8 Å². The molecule has 21 heavy (non-hydrogen) atoms. The molecule has 0 radical (unpaired) electrons. The first-order valence-corrected chi connectivity index (χ1v) is 8.17. The predicted molar refractivity (Wildman–Crippen MR) is 89.3 cm³/mol. The van der Waals surface area contributed by atoms with Gasteiger partial charge in [0.25, 0.3) is 0 Å². The first-order valence-electron chi connectivity index (χ1n) is 7.38. The van der Waals surface area contributed by atoms with E-state index in [9.17, 15) is 0 Å². The molecule has 0 saturated carbocycles. The summed E-state index contributed by atoms with van der Waals surface area (Å²) in [6, 6.07) is 13.5. The number of fused-ring (bicyclic) bond motifs is 1. The lowest BCUT2D eigenvalue weighted by molar-refractivity contribution is 0.134. The molecule has 2 nitrogen and oxygen atoms in total. The van der Waals surface area contributed by atoms with Crippen LogP contribution >= 0.6 is 15.9 Å². The second kappa shape index (κ2) is 6.30. The Bertz CT molecular complexity index is 654. The van der Waals surface area contributed by atoms with Crippen LogP contribution in [0.5, 0.6) is 0 Å². The molecule has 0 fully saturated rings. The van der Waals surface area contributed by atoms with E-state index in [1.807, 2.05) is 0 Å². The van der Waals surface area contributed by atoms with Gasteiger partial charge < -0.3 is 10.1 Å². The average Bonchev–Trinajstić information content (AvgIpc) is 2.95. The Morgan fingerprint density at radius 1 is 1.10 bits per heavy atom. The molecule has 1 aliphatic heterocycles. The van der Waals surface area contributed by atoms with Crippen molar-refractivity contribution >= 4 is 15.9 Å². The summed E-state index contributed by atoms with van der Waals surface area (Å²) in [4.78, 5) is 0. The van der Waals surface area contributed by atoms with Crippen molar-refractivity contribution in [2.75, 3.05) is 6.54 Å². The van der Waals surface area contributed by atoms with Crippen molar-refractivity contribution < 1.29 is 4.74 Å². The van der Waals surface area contributed by atoms with E-state index < -0.39 is 0 Å². The summed E-state index contributed by atoms with van der Waals surface area (Å²) in [6.07, 6.45) is 0. The molecule has 110 valence electrons. The Morgan fingerprint density at radius 3 is 2.57 bits per heavy atom. The predicted octanol–water partition coefficient (Wildman–Crippen LogP) is 4.49. The largest absolute Gasteiger partial charge is 0.372 e. The molecule has 0 bridgehead atoms. The number of benzene rings is 2. The molecule has 0 aliphatic carbocycles. The molecule has 1 unspecified atom stereocenters. The zero-order valence-corrected chi connectivity index (χ0v) is 14.0. The minimum absolute atomic E-state index is 0.220. The number of rotatable bonds is 4. The molecule has 3 heteroatoms. The maximum Gasteiger partial charge on any atom is 0.0725 e. The summed E-state index contributed by atoms with van der Waals surface area (Å²) in [7, 11) is 0. The van der Waals surface area contributed by atoms with Crippen molar-refractivity contribution in [3.05, 3.63) is 68.7 Å². The highest BCUT2D eigenvalue weighted by Crippen LogP contribution is 2.29. The van der Waals surface area contributed by atoms with E-state index in [0.29, 0.717) is 0 Å². The maximum atomic E-state index is 5.52. The van der Waals surface area contributed by atoms with Crippen molar-refractivity contribution in [2.45, 2.75) is 33.1 Å². The van der Waals surface area contributed by atoms with Crippen LogP contribution in [0.4, 0.5) is 0 Å². The first-order chi connectivity index (χ1) is 10.2. The monoisotopic (exact) mass is 345 g/mol. The summed E-state index contributed by atoms with van der Waals surface area (Å²) in [6.45, 7) is 6.68. The number of ether oxygens (including phenoxy) is 1. The molecule has 1 aliphatic rings. The summed E-state index contributed by atoms with van der Waals surface area (Å²) in [5, 5.41) is 3.59. The number of hydrogen-bond acceptors (Lipinski definition) is 2. The van der Waals surface area contributed by atoms with Crippen LogP contribution in [0.3, 0.4) is 0 Å². The van der Waals surface area contributed by atoms with E-state index in [0.717, 1.165) is 24.2 Å². The van der Waals surface area contributed by atoms with Crippen LogP contribution < -0.4 is 5.32 Å². The minimum atomic E-state index is 0.220. The Balaban J connectivity index is 1.99. The lowest BCUT2D eigenvalue weighted by Crippen LogP contribution is -2.22. The molecule has 0 saturated heterocycles. The van der Waals surface area contributed by atoms with Crippen molar-refractivity contribution in [2.24, 2.45) is 0 Å². The van der Waals surface area contributed by atoms with Crippen LogP contribution in [0.25, 0.3) is 0 Å². The molecular formula is C18H20BrNO. The molecule has 0 spiro atoms. The molecule has 2 aromatic carbocycles. The van der Waals surface area contributed by atoms with Crippen LogP contribution in [-0.4, -0.2) is 6.54 Å². The zero-order valence-electron chi connectivity index (χ0n) is 12.4. The van der Waals surface area contributed by atoms with Gasteiger partial charge in [0.15, 0.2) is 0 Å². The van der Waals surface area contributed by atoms with Gasteiger partial charge in [-0.3, -0.25) is 0 Å². The number of nitrogens with one attached hydrogen (secondary N) is 1. The third kappa shape index (κ3) is 3.05. The standard InChI is InChI=1S/C18H20BrNO/c1-3-20-18(14-5-4-12(2)17(19)9-14)13-6-7-15-10-21-11-16(15)8-13/h4-9,18,20H,3,10-11H2,1-2H3. The number of hydrogen-bond donors (Lipinski definition) is 1. The Hall–Kier alpha value is -1.16. The second-order valence-electron chi connectivity index (χ2n) is 5.52. The number of aryl methyl sites for hydroxylation is 1. The minimum Gasteiger partial charge on any atom is -0.372 e. The highest BCUT2D eigenvalue weighted by molar-refractivity contribution is 9.10. The third-order valence-electron chi connectivity index (χ3n) is 4.02. The van der Waals surface area contributed by atoms with Crippen LogP contribution in [0, 0.1) is 6.92 Å². The third-order valence-corrected chi connectivity index (χ3v) is 4.87. The normalized spacial score (nSPS) is 15.0. The molecule has 1 N–H and O–H groups in total. The summed E-state index contributed by atoms with van der Waals surface area (Å²) >= 11 is 3.64. The van der Waals surface area contributed by atoms with Crippen LogP contribution in [-0.2, 0) is 18.0 Å². The van der Waals surface area contributed by atoms with Gasteiger partial charge in [-0.1, -0.05) is 53.2 Å². The van der Waals surface area contributed by atoms with Gasteiger partial charge in [-0.05, 0) is 47.4 Å². The highest BCUT2D eigenvalue weighted by Gasteiger charge is 2.17. The smallest absolute Gasteiger partial charge is 0.0725 e. The summed E-state index contributed by atoms with van der Waals surface area (Å²) < 4.78 is 6.68. The fourth-order valence-corrected chi connectivity index (χ4v) is 3.19. The van der Waals surface area contributed by atoms with Crippen LogP contribution in [0.15, 0.2) is 40.9 Å². The maximum absolute atomic E-state index is 5.52. The molecule has 0 amide bonds. The SMILES string of the molecule is CCNC(c1ccc(C)c(Br)c1)c1ccc2c(c1)COC2. The molecule has 2 aromatic rings. The Kier molecular flexibility index (Phi) is 4.43. The van der Waals surface area contributed by atoms with Gasteiger partial charge in [0.05, 0.1) is 19.3 Å². The Labute approximate surface area is 134 Å². The van der Waals surface area contributed by atoms with Crippen LogP contribution in [0.2, 0.25) is 0 Å². The van der Waals surface area contributed by atoms with Gasteiger partial charge in [0.1, 0.15) is 0 Å². The van der Waals surface area contributed by atoms with Crippen molar-refractivity contribution in [3.63, 3.8) is 0 Å². The summed E-state index contributed by atoms with van der Waals surface area (Å²) in [5.41, 5.74) is 6.49. The first kappa shape index (κ1) is 14.8. The van der Waals surface area contributed by atoms with Gasteiger partial charge in [0.2, 0.25) is 0 Å².